The van der Waals surface area contributed by atoms with Gasteiger partial charge in [0, 0.05) is 36.6 Å². The zero-order valence-electron chi connectivity index (χ0n) is 17.1. The Bertz CT molecular complexity index is 1050. The highest BCUT2D eigenvalue weighted by molar-refractivity contribution is 6.24. The summed E-state index contributed by atoms with van der Waals surface area (Å²) in [4.78, 5) is 17.4. The number of aliphatic imine (C=N–C) groups is 1. The number of amides is 1. The maximum Gasteiger partial charge on any atom is 0.433 e. The number of aliphatic hydroxyl groups excluding tert-OH is 1. The van der Waals surface area contributed by atoms with Gasteiger partial charge in [0.25, 0.3) is 5.91 Å². The summed E-state index contributed by atoms with van der Waals surface area (Å²) in [5, 5.41) is 13.1. The van der Waals surface area contributed by atoms with Gasteiger partial charge >= 0.3 is 6.18 Å². The number of amidine groups is 1. The van der Waals surface area contributed by atoms with Crippen LogP contribution in [0.1, 0.15) is 35.7 Å². The van der Waals surface area contributed by atoms with Crippen LogP contribution in [0, 0.1) is 5.82 Å². The molecule has 3 aliphatic rings. The third-order valence-corrected chi connectivity index (χ3v) is 5.59. The van der Waals surface area contributed by atoms with Crippen LogP contribution in [-0.4, -0.2) is 53.4 Å². The molecule has 1 unspecified atom stereocenters. The number of carbonyl (C=O) groups excluding carboxylic acids is 1. The third-order valence-electron chi connectivity index (χ3n) is 5.59. The van der Waals surface area contributed by atoms with E-state index in [1.54, 1.807) is 0 Å². The number of ether oxygens (including phenoxy) is 1. The molecule has 3 aliphatic heterocycles. The molecule has 4 rings (SSSR count). The molecule has 1 aromatic rings. The predicted octanol–water partition coefficient (Wildman–Crippen LogP) is 3.51. The average molecular weight is 451 g/mol. The fourth-order valence-electron chi connectivity index (χ4n) is 3.84. The van der Waals surface area contributed by atoms with Crippen molar-refractivity contribution in [1.82, 2.24) is 10.2 Å². The Morgan fingerprint density at radius 3 is 2.66 bits per heavy atom. The SMILES string of the molecule is CC1=C(C(F)(F)F)N=C2C(c3ccc(C(=O)NC4CCOCC4)c(F)c3)=CC=CN2C1O. The number of alkyl halides is 3. The monoisotopic (exact) mass is 451 g/mol. The molecule has 32 heavy (non-hydrogen) atoms. The van der Waals surface area contributed by atoms with Crippen molar-refractivity contribution in [3.05, 3.63) is 64.8 Å². The van der Waals surface area contributed by atoms with Crippen LogP contribution in [0.4, 0.5) is 17.6 Å². The van der Waals surface area contributed by atoms with Gasteiger partial charge in [-0.3, -0.25) is 4.79 Å². The van der Waals surface area contributed by atoms with Crippen LogP contribution in [0.2, 0.25) is 0 Å². The molecule has 1 atom stereocenters. The molecule has 0 saturated carbocycles. The summed E-state index contributed by atoms with van der Waals surface area (Å²) in [7, 11) is 0. The number of nitrogens with zero attached hydrogens (tertiary/aromatic N) is 2. The van der Waals surface area contributed by atoms with E-state index in [-0.39, 0.29) is 34.2 Å². The van der Waals surface area contributed by atoms with Crippen LogP contribution in [-0.2, 0) is 4.74 Å². The van der Waals surface area contributed by atoms with E-state index < -0.39 is 29.8 Å². The van der Waals surface area contributed by atoms with Crippen molar-refractivity contribution >= 4 is 17.3 Å². The third kappa shape index (κ3) is 4.20. The lowest BCUT2D eigenvalue weighted by Gasteiger charge is -2.36. The highest BCUT2D eigenvalue weighted by Crippen LogP contribution is 2.37. The van der Waals surface area contributed by atoms with E-state index in [0.29, 0.717) is 26.1 Å². The lowest BCUT2D eigenvalue weighted by atomic mass is 9.97. The summed E-state index contributed by atoms with van der Waals surface area (Å²) >= 11 is 0. The number of carbonyl (C=O) groups is 1. The van der Waals surface area contributed by atoms with Crippen molar-refractivity contribution in [3.63, 3.8) is 0 Å². The van der Waals surface area contributed by atoms with Crippen LogP contribution in [0.3, 0.4) is 0 Å². The smallest absolute Gasteiger partial charge is 0.381 e. The quantitative estimate of drug-likeness (QED) is 0.690. The Morgan fingerprint density at radius 1 is 1.28 bits per heavy atom. The first-order valence-electron chi connectivity index (χ1n) is 10.1. The van der Waals surface area contributed by atoms with Gasteiger partial charge in [-0.15, -0.1) is 0 Å². The van der Waals surface area contributed by atoms with Gasteiger partial charge in [0.15, 0.2) is 6.23 Å². The fourth-order valence-corrected chi connectivity index (χ4v) is 3.84. The molecule has 170 valence electrons. The first-order chi connectivity index (χ1) is 15.2. The van der Waals surface area contributed by atoms with Gasteiger partial charge in [-0.1, -0.05) is 6.07 Å². The van der Waals surface area contributed by atoms with Gasteiger partial charge in [-0.25, -0.2) is 9.38 Å². The number of halogens is 4. The Labute approximate surface area is 181 Å². The van der Waals surface area contributed by atoms with Crippen molar-refractivity contribution in [2.45, 2.75) is 38.2 Å². The van der Waals surface area contributed by atoms with Crippen LogP contribution >= 0.6 is 0 Å². The van der Waals surface area contributed by atoms with Crippen LogP contribution in [0.5, 0.6) is 0 Å². The molecule has 0 aliphatic carbocycles. The molecular formula is C22H21F4N3O3. The van der Waals surface area contributed by atoms with Crippen molar-refractivity contribution < 1.29 is 32.2 Å². The summed E-state index contributed by atoms with van der Waals surface area (Å²) in [5.74, 6) is -1.53. The van der Waals surface area contributed by atoms with Gasteiger partial charge in [0.1, 0.15) is 17.3 Å². The molecule has 1 amide bonds. The predicted molar refractivity (Wildman–Crippen MR) is 109 cm³/mol. The van der Waals surface area contributed by atoms with Crippen molar-refractivity contribution in [2.24, 2.45) is 4.99 Å². The largest absolute Gasteiger partial charge is 0.433 e. The Kier molecular flexibility index (Phi) is 5.91. The van der Waals surface area contributed by atoms with Crippen molar-refractivity contribution in [2.75, 3.05) is 13.2 Å². The molecule has 1 saturated heterocycles. The van der Waals surface area contributed by atoms with E-state index in [1.165, 1.54) is 35.4 Å². The van der Waals surface area contributed by atoms with Crippen molar-refractivity contribution in [1.29, 1.82) is 0 Å². The van der Waals surface area contributed by atoms with Crippen molar-refractivity contribution in [3.8, 4) is 0 Å². The maximum absolute atomic E-state index is 14.8. The number of fused-ring (bicyclic) bond motifs is 1. The Morgan fingerprint density at radius 2 is 2.00 bits per heavy atom. The minimum Gasteiger partial charge on any atom is -0.381 e. The van der Waals surface area contributed by atoms with Gasteiger partial charge in [-0.05, 0) is 49.6 Å². The van der Waals surface area contributed by atoms with E-state index in [2.05, 4.69) is 10.3 Å². The number of aliphatic hydroxyl groups is 1. The molecule has 1 fully saturated rings. The van der Waals surface area contributed by atoms with E-state index >= 15 is 0 Å². The normalized spacial score (nSPS) is 21.8. The summed E-state index contributed by atoms with van der Waals surface area (Å²) < 4.78 is 60.3. The second-order valence-electron chi connectivity index (χ2n) is 7.72. The lowest BCUT2D eigenvalue weighted by Crippen LogP contribution is -2.43. The summed E-state index contributed by atoms with van der Waals surface area (Å²) in [6.45, 7) is 2.20. The Balaban J connectivity index is 1.63. The molecule has 10 heteroatoms. The first kappa shape index (κ1) is 22.2. The van der Waals surface area contributed by atoms with E-state index in [4.69, 9.17) is 4.74 Å². The fraction of sp³-hybridized carbons (Fsp3) is 0.364. The molecule has 6 nitrogen and oxygen atoms in total. The zero-order chi connectivity index (χ0) is 23.0. The topological polar surface area (TPSA) is 74.2 Å². The standard InChI is InChI=1S/C22H21F4N3O3/c1-12-18(22(24,25)26)28-19-15(3-2-8-29(19)21(12)31)13-4-5-16(17(23)11-13)20(30)27-14-6-9-32-10-7-14/h2-5,8,11,14,21,31H,6-7,9-10H2,1H3,(H,27,30). The average Bonchev–Trinajstić information content (AvgIpc) is 2.75. The molecule has 0 radical (unpaired) electrons. The second kappa shape index (κ2) is 8.51. The number of nitrogens with one attached hydrogen (secondary N) is 1. The van der Waals surface area contributed by atoms with Gasteiger partial charge in [0.05, 0.1) is 5.56 Å². The van der Waals surface area contributed by atoms with E-state index in [1.807, 2.05) is 0 Å². The van der Waals surface area contributed by atoms with E-state index in [0.717, 1.165) is 13.0 Å². The van der Waals surface area contributed by atoms with Gasteiger partial charge in [-0.2, -0.15) is 13.2 Å². The first-order valence-corrected chi connectivity index (χ1v) is 10.1. The molecule has 0 bridgehead atoms. The molecule has 0 aromatic heterocycles. The van der Waals surface area contributed by atoms with Crippen LogP contribution in [0.25, 0.3) is 5.57 Å². The van der Waals surface area contributed by atoms with Crippen LogP contribution in [0.15, 0.2) is 52.8 Å². The summed E-state index contributed by atoms with van der Waals surface area (Å²) in [5.41, 5.74) is -1.27. The van der Waals surface area contributed by atoms with Gasteiger partial charge < -0.3 is 20.1 Å². The molecule has 3 heterocycles. The zero-order valence-corrected chi connectivity index (χ0v) is 17.1. The summed E-state index contributed by atoms with van der Waals surface area (Å²) in [6.07, 6.45) is -0.647. The van der Waals surface area contributed by atoms with E-state index in [9.17, 15) is 27.5 Å². The molecule has 0 spiro atoms. The number of hydrogen-bond donors (Lipinski definition) is 2. The highest BCUT2D eigenvalue weighted by atomic mass is 19.4. The summed E-state index contributed by atoms with van der Waals surface area (Å²) in [6, 6.07) is 3.70. The van der Waals surface area contributed by atoms with Gasteiger partial charge in [0.2, 0.25) is 0 Å². The Hall–Kier alpha value is -2.98. The van der Waals surface area contributed by atoms with Crippen LogP contribution < -0.4 is 5.32 Å². The highest BCUT2D eigenvalue weighted by Gasteiger charge is 2.42. The minimum absolute atomic E-state index is 0.107. The number of benzene rings is 1. The number of hydrogen-bond acceptors (Lipinski definition) is 5. The lowest BCUT2D eigenvalue weighted by molar-refractivity contribution is -0.0958. The second-order valence-corrected chi connectivity index (χ2v) is 7.72. The molecular weight excluding hydrogens is 430 g/mol. The minimum atomic E-state index is -4.76. The number of rotatable bonds is 3. The number of allylic oxidation sites excluding steroid dienone is 3. The maximum atomic E-state index is 14.8. The molecule has 1 aromatic carbocycles. The molecule has 2 N–H and O–H groups in total.